The van der Waals surface area contributed by atoms with Gasteiger partial charge in [-0.3, -0.25) is 9.59 Å². The van der Waals surface area contributed by atoms with Crippen LogP contribution >= 0.6 is 11.8 Å². The zero-order valence-corrected chi connectivity index (χ0v) is 16.2. The number of nitrogens with zero attached hydrogens (tertiary/aromatic N) is 1. The van der Waals surface area contributed by atoms with Gasteiger partial charge in [0.1, 0.15) is 0 Å². The van der Waals surface area contributed by atoms with E-state index in [2.05, 4.69) is 6.92 Å². The van der Waals surface area contributed by atoms with Crippen LogP contribution in [0, 0.1) is 0 Å². The first-order chi connectivity index (χ1) is 12.0. The lowest BCUT2D eigenvalue weighted by molar-refractivity contribution is -0.137. The van der Waals surface area contributed by atoms with E-state index < -0.39 is 12.1 Å². The van der Waals surface area contributed by atoms with Gasteiger partial charge in [-0.15, -0.1) is 0 Å². The minimum atomic E-state index is -0.737. The molecule has 5 nitrogen and oxygen atoms in total. The summed E-state index contributed by atoms with van der Waals surface area (Å²) in [6, 6.07) is 0.112. The van der Waals surface area contributed by atoms with Crippen molar-refractivity contribution in [2.24, 2.45) is 0 Å². The Labute approximate surface area is 155 Å². The highest BCUT2D eigenvalue weighted by Gasteiger charge is 2.28. The molecule has 1 amide bonds. The molecule has 2 N–H and O–H groups in total. The number of carbonyl (C=O) groups is 2. The number of likely N-dealkylation sites (tertiary alicyclic amines) is 1. The molecule has 25 heavy (non-hydrogen) atoms. The Morgan fingerprint density at radius 2 is 2.12 bits per heavy atom. The molecule has 0 spiro atoms. The second-order valence-electron chi connectivity index (χ2n) is 6.60. The van der Waals surface area contributed by atoms with Gasteiger partial charge in [0, 0.05) is 25.1 Å². The van der Waals surface area contributed by atoms with Gasteiger partial charge in [-0.2, -0.15) is 11.8 Å². The molecule has 6 heteroatoms. The zero-order chi connectivity index (χ0) is 18.5. The second kappa shape index (κ2) is 13.2. The van der Waals surface area contributed by atoms with Gasteiger partial charge in [-0.1, -0.05) is 38.3 Å². The quantitative estimate of drug-likeness (QED) is 0.361. The average molecular weight is 372 g/mol. The summed E-state index contributed by atoms with van der Waals surface area (Å²) < 4.78 is 0. The maximum Gasteiger partial charge on any atom is 0.303 e. The van der Waals surface area contributed by atoms with Gasteiger partial charge in [0.15, 0.2) is 0 Å². The predicted octanol–water partition coefficient (Wildman–Crippen LogP) is 3.46. The molecule has 0 aromatic rings. The summed E-state index contributed by atoms with van der Waals surface area (Å²) in [6.45, 7) is 2.87. The number of hydrogen-bond acceptors (Lipinski definition) is 4. The molecule has 2 atom stereocenters. The van der Waals surface area contributed by atoms with E-state index in [-0.39, 0.29) is 18.4 Å². The van der Waals surface area contributed by atoms with Crippen molar-refractivity contribution in [1.29, 1.82) is 0 Å². The Kier molecular flexibility index (Phi) is 11.7. The molecule has 1 aliphatic rings. The number of aliphatic hydroxyl groups is 1. The molecule has 2 unspecified atom stereocenters. The molecule has 0 aromatic carbocycles. The zero-order valence-electron chi connectivity index (χ0n) is 15.4. The maximum atomic E-state index is 12.0. The highest BCUT2D eigenvalue weighted by Crippen LogP contribution is 2.21. The van der Waals surface area contributed by atoms with Crippen LogP contribution in [0.15, 0.2) is 12.2 Å². The lowest BCUT2D eigenvalue weighted by Gasteiger charge is -2.22. The van der Waals surface area contributed by atoms with Gasteiger partial charge >= 0.3 is 5.97 Å². The fourth-order valence-electron chi connectivity index (χ4n) is 2.95. The van der Waals surface area contributed by atoms with E-state index in [4.69, 9.17) is 5.11 Å². The van der Waals surface area contributed by atoms with Crippen LogP contribution in [0.25, 0.3) is 0 Å². The lowest BCUT2D eigenvalue weighted by atomic mass is 10.1. The van der Waals surface area contributed by atoms with E-state index in [1.54, 1.807) is 11.8 Å². The van der Waals surface area contributed by atoms with E-state index in [0.29, 0.717) is 12.8 Å². The number of aliphatic carboxylic acids is 1. The summed E-state index contributed by atoms with van der Waals surface area (Å²) in [5.41, 5.74) is 0. The summed E-state index contributed by atoms with van der Waals surface area (Å²) in [5, 5.41) is 18.6. The Morgan fingerprint density at radius 1 is 1.32 bits per heavy atom. The van der Waals surface area contributed by atoms with Crippen LogP contribution in [-0.4, -0.2) is 57.2 Å². The van der Waals surface area contributed by atoms with Crippen molar-refractivity contribution < 1.29 is 19.8 Å². The predicted molar refractivity (Wildman–Crippen MR) is 103 cm³/mol. The number of unbranched alkanes of at least 4 members (excludes halogenated alkanes) is 3. The third-order valence-electron chi connectivity index (χ3n) is 4.44. The molecule has 0 aromatic heterocycles. The van der Waals surface area contributed by atoms with Crippen LogP contribution in [0.2, 0.25) is 0 Å². The minimum Gasteiger partial charge on any atom is -0.481 e. The van der Waals surface area contributed by atoms with Crippen molar-refractivity contribution in [3.05, 3.63) is 12.2 Å². The normalized spacial score (nSPS) is 19.0. The van der Waals surface area contributed by atoms with Gasteiger partial charge in [-0.05, 0) is 31.4 Å². The average Bonchev–Trinajstić information content (AvgIpc) is 2.92. The van der Waals surface area contributed by atoms with E-state index >= 15 is 0 Å². The van der Waals surface area contributed by atoms with Crippen LogP contribution in [0.3, 0.4) is 0 Å². The Hall–Kier alpha value is -1.01. The largest absolute Gasteiger partial charge is 0.481 e. The van der Waals surface area contributed by atoms with Gasteiger partial charge < -0.3 is 15.1 Å². The van der Waals surface area contributed by atoms with Gasteiger partial charge in [-0.25, -0.2) is 0 Å². The Bertz CT molecular complexity index is 428. The van der Waals surface area contributed by atoms with Crippen molar-refractivity contribution in [2.75, 3.05) is 18.1 Å². The maximum absolute atomic E-state index is 12.0. The van der Waals surface area contributed by atoms with E-state index in [0.717, 1.165) is 56.6 Å². The number of rotatable bonds is 14. The summed E-state index contributed by atoms with van der Waals surface area (Å²) in [4.78, 5) is 24.4. The molecule has 0 bridgehead atoms. The first-order valence-electron chi connectivity index (χ1n) is 9.50. The molecule has 1 saturated heterocycles. The number of aliphatic hydroxyl groups excluding tert-OH is 1. The first kappa shape index (κ1) is 22.0. The van der Waals surface area contributed by atoms with Crippen molar-refractivity contribution in [1.82, 2.24) is 4.90 Å². The second-order valence-corrected chi connectivity index (χ2v) is 7.83. The lowest BCUT2D eigenvalue weighted by Crippen LogP contribution is -2.34. The summed E-state index contributed by atoms with van der Waals surface area (Å²) in [6.07, 6.45) is 10.8. The molecular formula is C19H33NO4S. The number of carbonyl (C=O) groups excluding carboxylic acids is 1. The van der Waals surface area contributed by atoms with Gasteiger partial charge in [0.05, 0.1) is 12.1 Å². The van der Waals surface area contributed by atoms with Crippen LogP contribution in [0.4, 0.5) is 0 Å². The molecule has 1 fully saturated rings. The highest BCUT2D eigenvalue weighted by molar-refractivity contribution is 7.99. The molecule has 1 heterocycles. The molecule has 1 rings (SSSR count). The fourth-order valence-corrected chi connectivity index (χ4v) is 3.89. The third kappa shape index (κ3) is 9.90. The van der Waals surface area contributed by atoms with Crippen molar-refractivity contribution in [3.8, 4) is 0 Å². The SMILES string of the molecule is CCCCCC(O)C=CC1CCC(=O)N1CCSCCCCC(=O)O. The number of amides is 1. The van der Waals surface area contributed by atoms with Gasteiger partial charge in [0.2, 0.25) is 5.91 Å². The highest BCUT2D eigenvalue weighted by atomic mass is 32.2. The molecule has 0 saturated carbocycles. The number of carboxylic acid groups (broad SMARTS) is 1. The van der Waals surface area contributed by atoms with E-state index in [1.807, 2.05) is 17.1 Å². The fraction of sp³-hybridized carbons (Fsp3) is 0.789. The van der Waals surface area contributed by atoms with Crippen molar-refractivity contribution >= 4 is 23.6 Å². The van der Waals surface area contributed by atoms with Gasteiger partial charge in [0.25, 0.3) is 0 Å². The number of hydrogen-bond donors (Lipinski definition) is 2. The smallest absolute Gasteiger partial charge is 0.303 e. The molecule has 144 valence electrons. The summed E-state index contributed by atoms with van der Waals surface area (Å²) >= 11 is 1.77. The summed E-state index contributed by atoms with van der Waals surface area (Å²) in [5.74, 6) is 1.27. The van der Waals surface area contributed by atoms with E-state index in [1.165, 1.54) is 0 Å². The van der Waals surface area contributed by atoms with Crippen LogP contribution in [0.1, 0.15) is 64.7 Å². The van der Waals surface area contributed by atoms with Crippen molar-refractivity contribution in [3.63, 3.8) is 0 Å². The Balaban J connectivity index is 2.24. The summed E-state index contributed by atoms with van der Waals surface area (Å²) in [7, 11) is 0. The number of carboxylic acids is 1. The molecule has 0 aliphatic carbocycles. The molecule has 0 radical (unpaired) electrons. The standard InChI is InChI=1S/C19H33NO4S/c1-2-3-4-7-17(21)11-9-16-10-12-18(22)20(16)13-15-25-14-6-5-8-19(23)24/h9,11,16-17,21H,2-8,10,12-15H2,1H3,(H,23,24). The number of thioether (sulfide) groups is 1. The first-order valence-corrected chi connectivity index (χ1v) is 10.7. The van der Waals surface area contributed by atoms with Crippen LogP contribution in [0.5, 0.6) is 0 Å². The van der Waals surface area contributed by atoms with Crippen molar-refractivity contribution in [2.45, 2.75) is 76.9 Å². The molecular weight excluding hydrogens is 338 g/mol. The monoisotopic (exact) mass is 371 g/mol. The van der Waals surface area contributed by atoms with E-state index in [9.17, 15) is 14.7 Å². The van der Waals surface area contributed by atoms with Crippen LogP contribution in [-0.2, 0) is 9.59 Å². The molecule has 1 aliphatic heterocycles. The Morgan fingerprint density at radius 3 is 2.84 bits per heavy atom. The topological polar surface area (TPSA) is 77.8 Å². The minimum absolute atomic E-state index is 0.112. The van der Waals surface area contributed by atoms with Crippen LogP contribution < -0.4 is 0 Å². The third-order valence-corrected chi connectivity index (χ3v) is 5.49.